The van der Waals surface area contributed by atoms with Crippen LogP contribution in [0.5, 0.6) is 0 Å². The van der Waals surface area contributed by atoms with Gasteiger partial charge in [-0.2, -0.15) is 0 Å². The Morgan fingerprint density at radius 1 is 1.43 bits per heavy atom. The number of rotatable bonds is 3. The molecule has 1 heterocycles. The maximum atomic E-state index is 13.5. The number of nitrogens with zero attached hydrogens (tertiary/aromatic N) is 2. The summed E-state index contributed by atoms with van der Waals surface area (Å²) in [5, 5.41) is 13.9. The summed E-state index contributed by atoms with van der Waals surface area (Å²) in [5.74, 6) is -1.52. The first-order valence-corrected chi connectivity index (χ1v) is 6.51. The van der Waals surface area contributed by atoms with Crippen molar-refractivity contribution >= 4 is 33.4 Å². The zero-order chi connectivity index (χ0) is 15.4. The van der Waals surface area contributed by atoms with Crippen molar-refractivity contribution in [2.75, 3.05) is 5.32 Å². The molecule has 6 nitrogen and oxygen atoms in total. The first-order valence-electron chi connectivity index (χ1n) is 5.72. The lowest BCUT2D eigenvalue weighted by Crippen LogP contribution is -2.17. The second kappa shape index (κ2) is 6.31. The van der Waals surface area contributed by atoms with Crippen molar-refractivity contribution in [3.05, 3.63) is 58.1 Å². The lowest BCUT2D eigenvalue weighted by molar-refractivity contribution is 0.102. The van der Waals surface area contributed by atoms with Gasteiger partial charge in [-0.3, -0.25) is 4.79 Å². The summed E-state index contributed by atoms with van der Waals surface area (Å²) in [5.41, 5.74) is 5.72. The number of hydrogen-bond acceptors (Lipinski definition) is 4. The Morgan fingerprint density at radius 2 is 2.19 bits per heavy atom. The van der Waals surface area contributed by atoms with E-state index >= 15 is 0 Å². The van der Waals surface area contributed by atoms with Gasteiger partial charge in [-0.25, -0.2) is 9.37 Å². The fourth-order valence-corrected chi connectivity index (χ4v) is 2.03. The number of oxime groups is 1. The van der Waals surface area contributed by atoms with E-state index < -0.39 is 11.7 Å². The van der Waals surface area contributed by atoms with E-state index in [1.807, 2.05) is 0 Å². The van der Waals surface area contributed by atoms with Crippen LogP contribution in [0, 0.1) is 5.82 Å². The van der Waals surface area contributed by atoms with Crippen LogP contribution in [0.15, 0.2) is 46.2 Å². The fraction of sp³-hybridized carbons (Fsp3) is 0. The highest BCUT2D eigenvalue weighted by molar-refractivity contribution is 9.10. The average Bonchev–Trinajstić information content (AvgIpc) is 2.48. The number of pyridine rings is 1. The van der Waals surface area contributed by atoms with Gasteiger partial charge in [0.2, 0.25) is 0 Å². The van der Waals surface area contributed by atoms with Gasteiger partial charge in [0.1, 0.15) is 11.5 Å². The van der Waals surface area contributed by atoms with Gasteiger partial charge < -0.3 is 16.3 Å². The van der Waals surface area contributed by atoms with Gasteiger partial charge in [-0.15, -0.1) is 0 Å². The number of benzene rings is 1. The number of amidine groups is 1. The van der Waals surface area contributed by atoms with E-state index in [2.05, 4.69) is 31.4 Å². The molecule has 0 bridgehead atoms. The summed E-state index contributed by atoms with van der Waals surface area (Å²) in [6.07, 6.45) is 1.48. The lowest BCUT2D eigenvalue weighted by atomic mass is 10.1. The molecule has 0 radical (unpaired) electrons. The quantitative estimate of drug-likeness (QED) is 0.341. The summed E-state index contributed by atoms with van der Waals surface area (Å²) in [4.78, 5) is 16.0. The molecular weight excluding hydrogens is 343 g/mol. The maximum absolute atomic E-state index is 13.5. The number of nitrogens with two attached hydrogens (primary N) is 1. The molecule has 8 heteroatoms. The summed E-state index contributed by atoms with van der Waals surface area (Å²) < 4.78 is 14.1. The minimum Gasteiger partial charge on any atom is -0.409 e. The van der Waals surface area contributed by atoms with Crippen molar-refractivity contribution in [3.63, 3.8) is 0 Å². The average molecular weight is 353 g/mol. The van der Waals surface area contributed by atoms with E-state index in [4.69, 9.17) is 10.9 Å². The number of anilines is 1. The molecule has 0 unspecified atom stereocenters. The number of carbonyl (C=O) groups excluding carboxylic acids is 1. The number of amides is 1. The molecule has 108 valence electrons. The van der Waals surface area contributed by atoms with E-state index in [0.717, 1.165) is 6.07 Å². The van der Waals surface area contributed by atoms with Crippen LogP contribution in [0.2, 0.25) is 0 Å². The standard InChI is InChI=1S/C13H10BrFN4O2/c14-9-2-1-5-17-11(9)13(20)18-7-3-4-10(15)8(6-7)12(16)19-21/h1-6,21H,(H2,16,19)(H,18,20). The molecule has 0 aliphatic carbocycles. The minimum absolute atomic E-state index is 0.115. The van der Waals surface area contributed by atoms with Crippen LogP contribution in [-0.4, -0.2) is 21.9 Å². The van der Waals surface area contributed by atoms with Gasteiger partial charge >= 0.3 is 0 Å². The van der Waals surface area contributed by atoms with Gasteiger partial charge in [0.15, 0.2) is 5.84 Å². The first-order chi connectivity index (χ1) is 10.0. The van der Waals surface area contributed by atoms with E-state index in [1.165, 1.54) is 18.3 Å². The highest BCUT2D eigenvalue weighted by Crippen LogP contribution is 2.18. The van der Waals surface area contributed by atoms with Crippen molar-refractivity contribution in [1.29, 1.82) is 0 Å². The van der Waals surface area contributed by atoms with Crippen LogP contribution in [0.25, 0.3) is 0 Å². The van der Waals surface area contributed by atoms with Crippen LogP contribution >= 0.6 is 15.9 Å². The van der Waals surface area contributed by atoms with Crippen molar-refractivity contribution in [2.24, 2.45) is 10.9 Å². The van der Waals surface area contributed by atoms with Gasteiger partial charge in [0.05, 0.1) is 5.56 Å². The Morgan fingerprint density at radius 3 is 2.86 bits per heavy atom. The molecule has 0 saturated heterocycles. The van der Waals surface area contributed by atoms with E-state index in [-0.39, 0.29) is 17.1 Å². The molecule has 0 aliphatic heterocycles. The zero-order valence-corrected chi connectivity index (χ0v) is 12.1. The molecule has 0 fully saturated rings. The number of aromatic nitrogens is 1. The second-order valence-electron chi connectivity index (χ2n) is 3.97. The minimum atomic E-state index is -0.665. The molecule has 1 aromatic carbocycles. The molecule has 0 spiro atoms. The van der Waals surface area contributed by atoms with Gasteiger partial charge in [0.25, 0.3) is 5.91 Å². The highest BCUT2D eigenvalue weighted by Gasteiger charge is 2.13. The third kappa shape index (κ3) is 3.34. The highest BCUT2D eigenvalue weighted by atomic mass is 79.9. The number of carbonyl (C=O) groups is 1. The molecule has 2 rings (SSSR count). The van der Waals surface area contributed by atoms with Crippen LogP contribution in [0.3, 0.4) is 0 Å². The molecule has 1 amide bonds. The van der Waals surface area contributed by atoms with Gasteiger partial charge in [-0.1, -0.05) is 5.16 Å². The Hall–Kier alpha value is -2.48. The predicted molar refractivity (Wildman–Crippen MR) is 78.8 cm³/mol. The van der Waals surface area contributed by atoms with Crippen molar-refractivity contribution in [1.82, 2.24) is 4.98 Å². The molecule has 0 aliphatic rings. The maximum Gasteiger partial charge on any atom is 0.275 e. The van der Waals surface area contributed by atoms with Crippen LogP contribution < -0.4 is 11.1 Å². The molecule has 0 saturated carbocycles. The normalized spacial score (nSPS) is 11.2. The predicted octanol–water partition coefficient (Wildman–Crippen LogP) is 2.33. The second-order valence-corrected chi connectivity index (χ2v) is 4.82. The summed E-state index contributed by atoms with van der Waals surface area (Å²) >= 11 is 3.22. The molecule has 4 N–H and O–H groups in total. The Kier molecular flexibility index (Phi) is 4.49. The summed E-state index contributed by atoms with van der Waals surface area (Å²) in [6.45, 7) is 0. The van der Waals surface area contributed by atoms with Crippen LogP contribution in [0.4, 0.5) is 10.1 Å². The monoisotopic (exact) mass is 352 g/mol. The van der Waals surface area contributed by atoms with Crippen molar-refractivity contribution in [3.8, 4) is 0 Å². The van der Waals surface area contributed by atoms with E-state index in [1.54, 1.807) is 12.1 Å². The topological polar surface area (TPSA) is 101 Å². The lowest BCUT2D eigenvalue weighted by Gasteiger charge is -2.08. The SMILES string of the molecule is N/C(=N/O)c1cc(NC(=O)c2ncccc2Br)ccc1F. The largest absolute Gasteiger partial charge is 0.409 e. The Labute approximate surface area is 127 Å². The first kappa shape index (κ1) is 14.9. The Bertz CT molecular complexity index is 721. The van der Waals surface area contributed by atoms with Crippen LogP contribution in [0.1, 0.15) is 16.1 Å². The number of hydrogen-bond donors (Lipinski definition) is 3. The van der Waals surface area contributed by atoms with Gasteiger partial charge in [0, 0.05) is 16.4 Å². The molecular formula is C13H10BrFN4O2. The third-order valence-electron chi connectivity index (χ3n) is 2.58. The molecule has 1 aromatic heterocycles. The number of halogens is 2. The smallest absolute Gasteiger partial charge is 0.275 e. The zero-order valence-electron chi connectivity index (χ0n) is 10.5. The summed E-state index contributed by atoms with van der Waals surface area (Å²) in [7, 11) is 0. The number of nitrogens with one attached hydrogen (secondary N) is 1. The Balaban J connectivity index is 2.28. The fourth-order valence-electron chi connectivity index (χ4n) is 1.60. The molecule has 2 aromatic rings. The van der Waals surface area contributed by atoms with Gasteiger partial charge in [-0.05, 0) is 46.3 Å². The van der Waals surface area contributed by atoms with E-state index in [9.17, 15) is 9.18 Å². The molecule has 21 heavy (non-hydrogen) atoms. The van der Waals surface area contributed by atoms with E-state index in [0.29, 0.717) is 10.2 Å². The third-order valence-corrected chi connectivity index (χ3v) is 3.22. The van der Waals surface area contributed by atoms with Crippen molar-refractivity contribution in [2.45, 2.75) is 0 Å². The summed E-state index contributed by atoms with van der Waals surface area (Å²) in [6, 6.07) is 7.08. The van der Waals surface area contributed by atoms with Crippen LogP contribution in [-0.2, 0) is 0 Å². The van der Waals surface area contributed by atoms with Crippen molar-refractivity contribution < 1.29 is 14.4 Å². The molecule has 0 atom stereocenters.